The first-order valence-corrected chi connectivity index (χ1v) is 11.5. The second-order valence-electron chi connectivity index (χ2n) is 8.01. The quantitative estimate of drug-likeness (QED) is 0.704. The van der Waals surface area contributed by atoms with Crippen LogP contribution < -0.4 is 9.47 Å². The summed E-state index contributed by atoms with van der Waals surface area (Å²) in [7, 11) is 1.66. The van der Waals surface area contributed by atoms with E-state index in [1.54, 1.807) is 7.11 Å². The van der Waals surface area contributed by atoms with Crippen LogP contribution >= 0.6 is 11.8 Å². The second kappa shape index (κ2) is 9.67. The van der Waals surface area contributed by atoms with Crippen molar-refractivity contribution in [3.63, 3.8) is 0 Å². The summed E-state index contributed by atoms with van der Waals surface area (Å²) in [5.41, 5.74) is 1.22. The van der Waals surface area contributed by atoms with Crippen LogP contribution in [0.15, 0.2) is 18.2 Å². The molecule has 2 bridgehead atoms. The van der Waals surface area contributed by atoms with E-state index in [1.165, 1.54) is 17.1 Å². The second-order valence-corrected chi connectivity index (χ2v) is 9.24. The number of likely N-dealkylation sites (tertiary alicyclic amines) is 1. The number of aliphatic hydroxyl groups is 1. The van der Waals surface area contributed by atoms with Crippen LogP contribution in [0.4, 0.5) is 0 Å². The molecule has 0 amide bonds. The average Bonchev–Trinajstić information content (AvgIpc) is 3.05. The largest absolute Gasteiger partial charge is 0.493 e. The molecule has 3 saturated heterocycles. The van der Waals surface area contributed by atoms with E-state index in [4.69, 9.17) is 14.2 Å². The van der Waals surface area contributed by atoms with Crippen molar-refractivity contribution in [1.29, 1.82) is 0 Å². The van der Waals surface area contributed by atoms with E-state index in [0.29, 0.717) is 24.5 Å². The van der Waals surface area contributed by atoms with Crippen molar-refractivity contribution in [2.45, 2.75) is 37.7 Å². The Morgan fingerprint density at radius 2 is 1.89 bits per heavy atom. The highest BCUT2D eigenvalue weighted by Crippen LogP contribution is 2.30. The molecule has 6 nitrogen and oxygen atoms in total. The number of fused-ring (bicyclic) bond motifs is 2. The van der Waals surface area contributed by atoms with Gasteiger partial charge in [0.1, 0.15) is 12.7 Å². The molecule has 3 atom stereocenters. The molecule has 156 valence electrons. The lowest BCUT2D eigenvalue weighted by atomic mass is 10.2. The van der Waals surface area contributed by atoms with Crippen LogP contribution in [0.2, 0.25) is 0 Å². The summed E-state index contributed by atoms with van der Waals surface area (Å²) in [4.78, 5) is 4.78. The van der Waals surface area contributed by atoms with Crippen LogP contribution in [-0.4, -0.2) is 91.2 Å². The summed E-state index contributed by atoms with van der Waals surface area (Å²) in [5, 5.41) is 10.5. The third-order valence-electron chi connectivity index (χ3n) is 5.76. The number of aliphatic hydroxyl groups excluding tert-OH is 1. The lowest BCUT2D eigenvalue weighted by Gasteiger charge is -2.33. The molecule has 3 heterocycles. The number of methoxy groups -OCH3 is 1. The molecule has 0 aromatic heterocycles. The van der Waals surface area contributed by atoms with Gasteiger partial charge >= 0.3 is 0 Å². The van der Waals surface area contributed by atoms with Crippen molar-refractivity contribution in [1.82, 2.24) is 9.80 Å². The number of rotatable bonds is 8. The zero-order valence-corrected chi connectivity index (χ0v) is 17.5. The maximum Gasteiger partial charge on any atom is 0.161 e. The van der Waals surface area contributed by atoms with Gasteiger partial charge in [-0.3, -0.25) is 9.80 Å². The monoisotopic (exact) mass is 408 g/mol. The highest BCUT2D eigenvalue weighted by molar-refractivity contribution is 7.99. The first-order valence-electron chi connectivity index (χ1n) is 10.4. The predicted molar refractivity (Wildman–Crippen MR) is 111 cm³/mol. The molecule has 3 fully saturated rings. The van der Waals surface area contributed by atoms with Crippen LogP contribution in [0.5, 0.6) is 11.5 Å². The van der Waals surface area contributed by atoms with E-state index in [1.807, 2.05) is 17.8 Å². The van der Waals surface area contributed by atoms with Crippen LogP contribution in [0, 0.1) is 0 Å². The number of thioether (sulfide) groups is 1. The molecule has 28 heavy (non-hydrogen) atoms. The minimum absolute atomic E-state index is 0.271. The van der Waals surface area contributed by atoms with Crippen molar-refractivity contribution < 1.29 is 19.3 Å². The predicted octanol–water partition coefficient (Wildman–Crippen LogP) is 1.85. The Hall–Kier alpha value is -0.990. The molecule has 3 aliphatic heterocycles. The Morgan fingerprint density at radius 1 is 1.14 bits per heavy atom. The number of nitrogens with zero attached hydrogens (tertiary/aromatic N) is 2. The van der Waals surface area contributed by atoms with E-state index in [-0.39, 0.29) is 6.61 Å². The lowest BCUT2D eigenvalue weighted by Crippen LogP contribution is -2.46. The molecule has 1 N–H and O–H groups in total. The van der Waals surface area contributed by atoms with Gasteiger partial charge in [0.2, 0.25) is 0 Å². The zero-order valence-electron chi connectivity index (χ0n) is 16.7. The van der Waals surface area contributed by atoms with Crippen LogP contribution in [0.3, 0.4) is 0 Å². The fourth-order valence-electron chi connectivity index (χ4n) is 4.33. The normalized spacial score (nSPS) is 26.9. The van der Waals surface area contributed by atoms with Gasteiger partial charge in [-0.2, -0.15) is 11.8 Å². The number of hydrogen-bond acceptors (Lipinski definition) is 7. The Balaban J connectivity index is 1.30. The molecule has 1 aromatic rings. The number of β-amino-alcohol motifs (C(OH)–C–C–N with tert-alkyl or cyclic N) is 1. The Labute approximate surface area is 172 Å². The average molecular weight is 409 g/mol. The lowest BCUT2D eigenvalue weighted by molar-refractivity contribution is -0.0529. The highest BCUT2D eigenvalue weighted by Gasteiger charge is 2.34. The molecule has 0 saturated carbocycles. The minimum Gasteiger partial charge on any atom is -0.493 e. The number of morpholine rings is 1. The number of hydrogen-bond donors (Lipinski definition) is 1. The fraction of sp³-hybridized carbons (Fsp3) is 0.714. The van der Waals surface area contributed by atoms with E-state index in [2.05, 4.69) is 21.9 Å². The molecule has 0 radical (unpaired) electrons. The van der Waals surface area contributed by atoms with Gasteiger partial charge in [-0.05, 0) is 30.5 Å². The molecule has 7 heteroatoms. The molecular formula is C21H32N2O4S. The summed E-state index contributed by atoms with van der Waals surface area (Å²) in [6.07, 6.45) is 2.46. The standard InChI is InChI=1S/C21H32N2O4S/c1-25-20-5-2-16(11-22-6-8-28-9-7-22)10-21(20)26-15-17(24)12-23-13-18-3-4-19(14-23)27-18/h2,5,10,17-19,24H,3-4,6-9,11-15H2,1H3/t17?,18-,19+. The summed E-state index contributed by atoms with van der Waals surface area (Å²) < 4.78 is 17.3. The molecule has 0 aliphatic carbocycles. The highest BCUT2D eigenvalue weighted by atomic mass is 32.2. The molecule has 3 aliphatic rings. The Morgan fingerprint density at radius 3 is 2.61 bits per heavy atom. The van der Waals surface area contributed by atoms with E-state index in [9.17, 15) is 5.11 Å². The topological polar surface area (TPSA) is 54.4 Å². The van der Waals surface area contributed by atoms with Gasteiger partial charge in [-0.1, -0.05) is 6.07 Å². The molecule has 1 unspecified atom stereocenters. The van der Waals surface area contributed by atoms with Gasteiger partial charge in [0, 0.05) is 50.8 Å². The smallest absolute Gasteiger partial charge is 0.161 e. The van der Waals surface area contributed by atoms with Gasteiger partial charge < -0.3 is 19.3 Å². The SMILES string of the molecule is COc1ccc(CN2CCSCC2)cc1OCC(O)CN1C[C@H]2CC[C@@H](C1)O2. The van der Waals surface area contributed by atoms with Crippen LogP contribution in [-0.2, 0) is 11.3 Å². The first-order chi connectivity index (χ1) is 13.7. The van der Waals surface area contributed by atoms with Crippen molar-refractivity contribution in [2.75, 3.05) is 57.9 Å². The van der Waals surface area contributed by atoms with Crippen molar-refractivity contribution in [3.05, 3.63) is 23.8 Å². The summed E-state index contributed by atoms with van der Waals surface area (Å²) >= 11 is 2.02. The fourth-order valence-corrected chi connectivity index (χ4v) is 5.31. The van der Waals surface area contributed by atoms with Gasteiger partial charge in [-0.15, -0.1) is 0 Å². The van der Waals surface area contributed by atoms with Crippen molar-refractivity contribution in [2.24, 2.45) is 0 Å². The molecule has 0 spiro atoms. The number of ether oxygens (including phenoxy) is 3. The van der Waals surface area contributed by atoms with E-state index in [0.717, 1.165) is 51.3 Å². The third kappa shape index (κ3) is 5.33. The Kier molecular flexibility index (Phi) is 7.01. The van der Waals surface area contributed by atoms with Crippen molar-refractivity contribution in [3.8, 4) is 11.5 Å². The maximum absolute atomic E-state index is 10.5. The van der Waals surface area contributed by atoms with Crippen molar-refractivity contribution >= 4 is 11.8 Å². The van der Waals surface area contributed by atoms with Gasteiger partial charge in [-0.25, -0.2) is 0 Å². The van der Waals surface area contributed by atoms with E-state index < -0.39 is 6.10 Å². The Bertz CT molecular complexity index is 629. The first kappa shape index (κ1) is 20.3. The summed E-state index contributed by atoms with van der Waals surface area (Å²) in [6, 6.07) is 6.13. The van der Waals surface area contributed by atoms with Gasteiger partial charge in [0.15, 0.2) is 11.5 Å². The third-order valence-corrected chi connectivity index (χ3v) is 6.70. The molecule has 4 rings (SSSR count). The van der Waals surface area contributed by atoms with Crippen LogP contribution in [0.25, 0.3) is 0 Å². The zero-order chi connectivity index (χ0) is 19.3. The summed E-state index contributed by atoms with van der Waals surface area (Å²) in [6.45, 7) is 5.93. The molecular weight excluding hydrogens is 376 g/mol. The van der Waals surface area contributed by atoms with Crippen LogP contribution in [0.1, 0.15) is 18.4 Å². The maximum atomic E-state index is 10.5. The summed E-state index contributed by atoms with van der Waals surface area (Å²) in [5.74, 6) is 3.84. The number of benzene rings is 1. The molecule has 1 aromatic carbocycles. The van der Waals surface area contributed by atoms with Gasteiger partial charge in [0.25, 0.3) is 0 Å². The van der Waals surface area contributed by atoms with E-state index >= 15 is 0 Å². The van der Waals surface area contributed by atoms with Gasteiger partial charge in [0.05, 0.1) is 19.3 Å². The minimum atomic E-state index is -0.523.